The molecule has 10 heteroatoms. The van der Waals surface area contributed by atoms with Gasteiger partial charge in [-0.15, -0.1) is 0 Å². The Kier molecular flexibility index (Phi) is 5.95. The zero-order valence-electron chi connectivity index (χ0n) is 15.0. The van der Waals surface area contributed by atoms with Gasteiger partial charge in [-0.25, -0.2) is 11.0 Å². The van der Waals surface area contributed by atoms with Gasteiger partial charge in [-0.3, -0.25) is 0 Å². The largest absolute Gasteiger partial charge is 0.416 e. The van der Waals surface area contributed by atoms with Crippen LogP contribution in [0.25, 0.3) is 0 Å². The van der Waals surface area contributed by atoms with Crippen molar-refractivity contribution in [3.8, 4) is 11.5 Å². The lowest BCUT2D eigenvalue weighted by Gasteiger charge is -2.13. The predicted octanol–water partition coefficient (Wildman–Crippen LogP) is 6.54. The summed E-state index contributed by atoms with van der Waals surface area (Å²) >= 11 is 0. The third kappa shape index (κ3) is 5.72. The van der Waals surface area contributed by atoms with Crippen LogP contribution in [0.3, 0.4) is 0 Å². The molecule has 3 aromatic rings. The molecule has 4 nitrogen and oxygen atoms in total. The van der Waals surface area contributed by atoms with Crippen LogP contribution in [0.4, 0.5) is 37.7 Å². The molecule has 3 aromatic carbocycles. The van der Waals surface area contributed by atoms with Crippen molar-refractivity contribution in [3.63, 3.8) is 0 Å². The summed E-state index contributed by atoms with van der Waals surface area (Å²) in [5.41, 5.74) is 3.39. The van der Waals surface area contributed by atoms with Gasteiger partial charge < -0.3 is 9.68 Å². The Labute approximate surface area is 167 Å². The Balaban J connectivity index is 1.56. The van der Waals surface area contributed by atoms with Crippen molar-refractivity contribution < 1.29 is 36.0 Å². The van der Waals surface area contributed by atoms with Crippen molar-refractivity contribution >= 4 is 11.4 Å². The quantitative estimate of drug-likeness (QED) is 0.346. The van der Waals surface area contributed by atoms with Crippen molar-refractivity contribution in [3.05, 3.63) is 83.9 Å². The SMILES string of the molecule is FC(F)(F)c1cccc(NOc2ccc(ONc3cccc(C(F)(F)F)c3)cc2)c1. The van der Waals surface area contributed by atoms with E-state index in [1.807, 2.05) is 0 Å². The van der Waals surface area contributed by atoms with E-state index in [2.05, 4.69) is 11.0 Å². The second-order valence-corrected chi connectivity index (χ2v) is 6.04. The third-order valence-corrected chi connectivity index (χ3v) is 3.78. The van der Waals surface area contributed by atoms with Gasteiger partial charge in [0, 0.05) is 0 Å². The molecule has 0 fully saturated rings. The molecule has 158 valence electrons. The highest BCUT2D eigenvalue weighted by Gasteiger charge is 2.31. The topological polar surface area (TPSA) is 42.5 Å². The van der Waals surface area contributed by atoms with E-state index in [4.69, 9.17) is 9.68 Å². The molecule has 0 aliphatic rings. The van der Waals surface area contributed by atoms with E-state index < -0.39 is 23.5 Å². The molecular weight excluding hydrogens is 414 g/mol. The highest BCUT2D eigenvalue weighted by molar-refractivity contribution is 5.47. The second-order valence-electron chi connectivity index (χ2n) is 6.04. The van der Waals surface area contributed by atoms with Crippen molar-refractivity contribution in [2.75, 3.05) is 11.0 Å². The Hall–Kier alpha value is -3.56. The highest BCUT2D eigenvalue weighted by atomic mass is 19.4. The molecule has 30 heavy (non-hydrogen) atoms. The minimum Gasteiger partial charge on any atom is -0.382 e. The summed E-state index contributed by atoms with van der Waals surface area (Å²) in [6, 6.07) is 14.8. The average Bonchev–Trinajstić information content (AvgIpc) is 2.71. The van der Waals surface area contributed by atoms with Gasteiger partial charge in [-0.05, 0) is 60.7 Å². The fraction of sp³-hybridized carbons (Fsp3) is 0.100. The summed E-state index contributed by atoms with van der Waals surface area (Å²) in [5.74, 6) is 0.553. The Morgan fingerprint density at radius 1 is 0.533 bits per heavy atom. The number of halogens is 6. The first kappa shape index (κ1) is 21.2. The van der Waals surface area contributed by atoms with Gasteiger partial charge in [-0.1, -0.05) is 12.1 Å². The highest BCUT2D eigenvalue weighted by Crippen LogP contribution is 2.32. The predicted molar refractivity (Wildman–Crippen MR) is 97.8 cm³/mol. The van der Waals surface area contributed by atoms with E-state index >= 15 is 0 Å². The molecule has 0 atom stereocenters. The second kappa shape index (κ2) is 8.44. The molecule has 0 heterocycles. The van der Waals surface area contributed by atoms with Crippen LogP contribution in [0, 0.1) is 0 Å². The lowest BCUT2D eigenvalue weighted by Crippen LogP contribution is -2.09. The Morgan fingerprint density at radius 3 is 1.23 bits per heavy atom. The number of nitrogens with one attached hydrogen (secondary N) is 2. The smallest absolute Gasteiger partial charge is 0.382 e. The van der Waals surface area contributed by atoms with Gasteiger partial charge in [0.2, 0.25) is 0 Å². The zero-order valence-corrected chi connectivity index (χ0v) is 15.0. The summed E-state index contributed by atoms with van der Waals surface area (Å²) in [4.78, 5) is 10.4. The van der Waals surface area contributed by atoms with Gasteiger partial charge >= 0.3 is 12.4 Å². The molecule has 0 radical (unpaired) electrons. The lowest BCUT2D eigenvalue weighted by atomic mass is 10.2. The maximum absolute atomic E-state index is 12.7. The van der Waals surface area contributed by atoms with Crippen LogP contribution in [0.15, 0.2) is 72.8 Å². The Morgan fingerprint density at radius 2 is 0.900 bits per heavy atom. The van der Waals surface area contributed by atoms with Crippen LogP contribution in [-0.2, 0) is 12.4 Å². The lowest BCUT2D eigenvalue weighted by molar-refractivity contribution is -0.138. The number of rotatable bonds is 6. The van der Waals surface area contributed by atoms with Crippen LogP contribution >= 0.6 is 0 Å². The molecule has 0 saturated carbocycles. The van der Waals surface area contributed by atoms with Gasteiger partial charge in [0.05, 0.1) is 22.5 Å². The summed E-state index contributed by atoms with van der Waals surface area (Å²) < 4.78 is 76.2. The molecule has 0 amide bonds. The fourth-order valence-corrected chi connectivity index (χ4v) is 2.33. The molecule has 0 aliphatic carbocycles. The summed E-state index contributed by atoms with van der Waals surface area (Å²) in [6.45, 7) is 0. The maximum atomic E-state index is 12.7. The van der Waals surface area contributed by atoms with Crippen LogP contribution in [0.2, 0.25) is 0 Å². The normalized spacial score (nSPS) is 11.7. The molecular formula is C20H14F6N2O2. The van der Waals surface area contributed by atoms with Crippen LogP contribution < -0.4 is 20.6 Å². The van der Waals surface area contributed by atoms with Crippen molar-refractivity contribution in [1.82, 2.24) is 0 Å². The zero-order chi connectivity index (χ0) is 21.8. The summed E-state index contributed by atoms with van der Waals surface area (Å²) in [7, 11) is 0. The van der Waals surface area contributed by atoms with E-state index in [0.717, 1.165) is 24.3 Å². The monoisotopic (exact) mass is 428 g/mol. The summed E-state index contributed by atoms with van der Waals surface area (Å²) in [5, 5.41) is 0. The first-order valence-corrected chi connectivity index (χ1v) is 8.41. The number of hydrogen-bond donors (Lipinski definition) is 2. The molecule has 0 aromatic heterocycles. The maximum Gasteiger partial charge on any atom is 0.416 e. The van der Waals surface area contributed by atoms with E-state index in [-0.39, 0.29) is 22.9 Å². The number of hydrogen-bond acceptors (Lipinski definition) is 4. The average molecular weight is 428 g/mol. The van der Waals surface area contributed by atoms with Crippen LogP contribution in [-0.4, -0.2) is 0 Å². The minimum atomic E-state index is -4.47. The molecule has 0 bridgehead atoms. The Bertz CT molecular complexity index is 907. The van der Waals surface area contributed by atoms with E-state index in [9.17, 15) is 26.3 Å². The molecule has 0 aliphatic heterocycles. The van der Waals surface area contributed by atoms with Crippen LogP contribution in [0.1, 0.15) is 11.1 Å². The molecule has 0 unspecified atom stereocenters. The van der Waals surface area contributed by atoms with Crippen molar-refractivity contribution in [2.24, 2.45) is 0 Å². The van der Waals surface area contributed by atoms with E-state index in [1.54, 1.807) is 0 Å². The first-order valence-electron chi connectivity index (χ1n) is 8.41. The van der Waals surface area contributed by atoms with Gasteiger partial charge in [0.15, 0.2) is 11.5 Å². The molecule has 0 saturated heterocycles. The minimum absolute atomic E-state index is 0.108. The van der Waals surface area contributed by atoms with Crippen molar-refractivity contribution in [2.45, 2.75) is 12.4 Å². The van der Waals surface area contributed by atoms with E-state index in [0.29, 0.717) is 0 Å². The number of anilines is 2. The molecule has 3 rings (SSSR count). The molecule has 2 N–H and O–H groups in total. The van der Waals surface area contributed by atoms with Gasteiger partial charge in [0.25, 0.3) is 0 Å². The molecule has 0 spiro atoms. The number of alkyl halides is 6. The van der Waals surface area contributed by atoms with Crippen molar-refractivity contribution in [1.29, 1.82) is 0 Å². The fourth-order valence-electron chi connectivity index (χ4n) is 2.33. The standard InChI is InChI=1S/C20H14F6N2O2/c21-19(22,23)13-3-1-5-15(11-13)27-29-17-7-9-18(10-8-17)30-28-16-6-2-4-14(12-16)20(24,25)26/h1-12,27-28H. The number of benzene rings is 3. The summed E-state index contributed by atoms with van der Waals surface area (Å²) in [6.07, 6.45) is -8.94. The van der Waals surface area contributed by atoms with Crippen LogP contribution in [0.5, 0.6) is 11.5 Å². The van der Waals surface area contributed by atoms with E-state index in [1.165, 1.54) is 48.5 Å². The van der Waals surface area contributed by atoms with Gasteiger partial charge in [-0.2, -0.15) is 26.3 Å². The third-order valence-electron chi connectivity index (χ3n) is 3.78. The van der Waals surface area contributed by atoms with Gasteiger partial charge in [0.1, 0.15) is 0 Å². The first-order chi connectivity index (χ1) is 14.1.